The van der Waals surface area contributed by atoms with Crippen LogP contribution in [-0.2, 0) is 11.1 Å². The molecule has 18 heavy (non-hydrogen) atoms. The molecule has 0 aliphatic carbocycles. The Morgan fingerprint density at radius 1 is 1.11 bits per heavy atom. The molecule has 0 aromatic heterocycles. The number of hydrogen-bond acceptors (Lipinski definition) is 2. The molecule has 2 aromatic rings. The number of aliphatic imine (C=N–C) groups is 1. The van der Waals surface area contributed by atoms with Crippen molar-refractivity contribution in [3.8, 4) is 0 Å². The van der Waals surface area contributed by atoms with E-state index >= 15 is 0 Å². The Morgan fingerprint density at radius 2 is 1.78 bits per heavy atom. The molecule has 0 fully saturated rings. The van der Waals surface area contributed by atoms with Crippen molar-refractivity contribution >= 4 is 34.6 Å². The van der Waals surface area contributed by atoms with Crippen LogP contribution in [-0.4, -0.2) is 15.0 Å². The average molecular weight is 280 g/mol. The highest BCUT2D eigenvalue weighted by Crippen LogP contribution is 2.22. The topological polar surface area (TPSA) is 49.7 Å². The van der Waals surface area contributed by atoms with Gasteiger partial charge in [0.2, 0.25) is 0 Å². The van der Waals surface area contributed by atoms with Gasteiger partial charge in [0.15, 0.2) is 11.1 Å². The summed E-state index contributed by atoms with van der Waals surface area (Å²) in [5.74, 6) is 0. The van der Waals surface area contributed by atoms with Crippen molar-refractivity contribution in [1.82, 2.24) is 0 Å². The Hall–Kier alpha value is -1.49. The number of benzene rings is 2. The van der Waals surface area contributed by atoms with E-state index in [1.165, 1.54) is 0 Å². The predicted molar refractivity (Wildman–Crippen MR) is 74.2 cm³/mol. The lowest BCUT2D eigenvalue weighted by Gasteiger charge is -2.00. The lowest BCUT2D eigenvalue weighted by atomic mass is 10.2. The van der Waals surface area contributed by atoms with Crippen LogP contribution in [0.1, 0.15) is 5.56 Å². The SMILES string of the molecule is O=S(O)c1ccccc1N=Cc1ccccc1Cl. The molecule has 3 nitrogen and oxygen atoms in total. The van der Waals surface area contributed by atoms with Gasteiger partial charge in [0.25, 0.3) is 0 Å². The molecule has 0 saturated heterocycles. The first kappa shape index (κ1) is 13.0. The van der Waals surface area contributed by atoms with Crippen LogP contribution in [0.3, 0.4) is 0 Å². The largest absolute Gasteiger partial charge is 0.302 e. The smallest absolute Gasteiger partial charge is 0.188 e. The maximum Gasteiger partial charge on any atom is 0.188 e. The highest BCUT2D eigenvalue weighted by Gasteiger charge is 2.05. The van der Waals surface area contributed by atoms with Gasteiger partial charge in [-0.15, -0.1) is 0 Å². The molecule has 1 unspecified atom stereocenters. The Balaban J connectivity index is 2.35. The Kier molecular flexibility index (Phi) is 4.25. The third-order valence-corrected chi connectivity index (χ3v) is 3.37. The van der Waals surface area contributed by atoms with Crippen LogP contribution in [0.5, 0.6) is 0 Å². The zero-order valence-corrected chi connectivity index (χ0v) is 10.9. The van der Waals surface area contributed by atoms with E-state index in [0.29, 0.717) is 10.7 Å². The van der Waals surface area contributed by atoms with Crippen molar-refractivity contribution in [3.63, 3.8) is 0 Å². The molecule has 1 atom stereocenters. The van der Waals surface area contributed by atoms with Crippen LogP contribution in [0.4, 0.5) is 5.69 Å². The lowest BCUT2D eigenvalue weighted by Crippen LogP contribution is -1.89. The summed E-state index contributed by atoms with van der Waals surface area (Å²) in [6.07, 6.45) is 1.58. The van der Waals surface area contributed by atoms with E-state index in [9.17, 15) is 4.21 Å². The number of hydrogen-bond donors (Lipinski definition) is 1. The Morgan fingerprint density at radius 3 is 2.50 bits per heavy atom. The van der Waals surface area contributed by atoms with E-state index in [1.807, 2.05) is 18.2 Å². The zero-order valence-electron chi connectivity index (χ0n) is 9.29. The highest BCUT2D eigenvalue weighted by atomic mass is 35.5. The minimum atomic E-state index is -2.05. The summed E-state index contributed by atoms with van der Waals surface area (Å²) >= 11 is 3.94. The average Bonchev–Trinajstić information content (AvgIpc) is 2.38. The van der Waals surface area contributed by atoms with E-state index in [4.69, 9.17) is 16.2 Å². The van der Waals surface area contributed by atoms with Crippen LogP contribution in [0.15, 0.2) is 58.4 Å². The van der Waals surface area contributed by atoms with Gasteiger partial charge in [-0.2, -0.15) is 0 Å². The van der Waals surface area contributed by atoms with Crippen LogP contribution in [0.2, 0.25) is 5.02 Å². The highest BCUT2D eigenvalue weighted by molar-refractivity contribution is 7.79. The summed E-state index contributed by atoms with van der Waals surface area (Å²) in [5.41, 5.74) is 1.22. The standard InChI is InChI=1S/C13H10ClNO2S/c14-11-6-2-1-5-10(11)9-15-12-7-3-4-8-13(12)18(16)17/h1-9H,(H,16,17). The van der Waals surface area contributed by atoms with Crippen LogP contribution < -0.4 is 0 Å². The van der Waals surface area contributed by atoms with Crippen molar-refractivity contribution in [3.05, 3.63) is 59.1 Å². The van der Waals surface area contributed by atoms with Gasteiger partial charge in [-0.05, 0) is 18.2 Å². The Bertz CT molecular complexity index is 613. The molecule has 92 valence electrons. The maximum atomic E-state index is 11.1. The zero-order chi connectivity index (χ0) is 13.0. The third-order valence-electron chi connectivity index (χ3n) is 2.30. The van der Waals surface area contributed by atoms with E-state index in [-0.39, 0.29) is 4.90 Å². The van der Waals surface area contributed by atoms with Crippen molar-refractivity contribution in [2.24, 2.45) is 4.99 Å². The molecule has 0 amide bonds. The van der Waals surface area contributed by atoms with Crippen LogP contribution >= 0.6 is 11.6 Å². The van der Waals surface area contributed by atoms with Gasteiger partial charge < -0.3 is 4.55 Å². The maximum absolute atomic E-state index is 11.1. The van der Waals surface area contributed by atoms with Crippen molar-refractivity contribution in [2.75, 3.05) is 0 Å². The molecule has 2 aromatic carbocycles. The van der Waals surface area contributed by atoms with E-state index in [0.717, 1.165) is 5.56 Å². The molecular weight excluding hydrogens is 270 g/mol. The molecule has 0 spiro atoms. The Labute approximate surface area is 112 Å². The summed E-state index contributed by atoms with van der Waals surface area (Å²) < 4.78 is 20.2. The predicted octanol–water partition coefficient (Wildman–Crippen LogP) is 3.67. The number of para-hydroxylation sites is 1. The summed E-state index contributed by atoms with van der Waals surface area (Å²) in [4.78, 5) is 4.47. The first-order valence-electron chi connectivity index (χ1n) is 5.17. The lowest BCUT2D eigenvalue weighted by molar-refractivity contribution is 0.564. The monoisotopic (exact) mass is 279 g/mol. The molecule has 2 rings (SSSR count). The van der Waals surface area contributed by atoms with E-state index in [1.54, 1.807) is 36.5 Å². The second-order valence-corrected chi connectivity index (χ2v) is 4.84. The van der Waals surface area contributed by atoms with E-state index < -0.39 is 11.1 Å². The summed E-state index contributed by atoms with van der Waals surface area (Å²) in [6, 6.07) is 14.0. The number of halogens is 1. The fourth-order valence-electron chi connectivity index (χ4n) is 1.43. The number of nitrogens with zero attached hydrogens (tertiary/aromatic N) is 1. The summed E-state index contributed by atoms with van der Waals surface area (Å²) in [6.45, 7) is 0. The van der Waals surface area contributed by atoms with Gasteiger partial charge in [-0.25, -0.2) is 4.21 Å². The minimum absolute atomic E-state index is 0.279. The van der Waals surface area contributed by atoms with Crippen LogP contribution in [0, 0.1) is 0 Å². The molecule has 0 heterocycles. The third kappa shape index (κ3) is 3.04. The van der Waals surface area contributed by atoms with Crippen molar-refractivity contribution in [2.45, 2.75) is 4.90 Å². The molecule has 0 saturated carbocycles. The second-order valence-electron chi connectivity index (χ2n) is 3.50. The van der Waals surface area contributed by atoms with Gasteiger partial charge in [0.1, 0.15) is 0 Å². The molecule has 0 radical (unpaired) electrons. The van der Waals surface area contributed by atoms with Gasteiger partial charge >= 0.3 is 0 Å². The molecule has 5 heteroatoms. The quantitative estimate of drug-likeness (QED) is 0.688. The van der Waals surface area contributed by atoms with Crippen LogP contribution in [0.25, 0.3) is 0 Å². The van der Waals surface area contributed by atoms with Crippen molar-refractivity contribution < 1.29 is 8.76 Å². The summed E-state index contributed by atoms with van der Waals surface area (Å²) in [7, 11) is 0. The normalized spacial score (nSPS) is 12.8. The first-order chi connectivity index (χ1) is 8.68. The summed E-state index contributed by atoms with van der Waals surface area (Å²) in [5, 5.41) is 0.587. The van der Waals surface area contributed by atoms with Gasteiger partial charge in [0.05, 0.1) is 10.6 Å². The minimum Gasteiger partial charge on any atom is -0.302 e. The fourth-order valence-corrected chi connectivity index (χ4v) is 2.11. The second kappa shape index (κ2) is 5.91. The van der Waals surface area contributed by atoms with Gasteiger partial charge in [-0.3, -0.25) is 4.99 Å². The van der Waals surface area contributed by atoms with Gasteiger partial charge in [-0.1, -0.05) is 41.9 Å². The van der Waals surface area contributed by atoms with Crippen molar-refractivity contribution in [1.29, 1.82) is 0 Å². The molecule has 0 bridgehead atoms. The van der Waals surface area contributed by atoms with E-state index in [2.05, 4.69) is 4.99 Å². The number of rotatable bonds is 3. The molecule has 0 aliphatic heterocycles. The molecular formula is C13H10ClNO2S. The fraction of sp³-hybridized carbons (Fsp3) is 0. The molecule has 0 aliphatic rings. The van der Waals surface area contributed by atoms with Gasteiger partial charge in [0, 0.05) is 16.8 Å². The molecule has 1 N–H and O–H groups in total. The first-order valence-corrected chi connectivity index (χ1v) is 6.65.